The number of thiophene rings is 1. The van der Waals surface area contributed by atoms with Crippen molar-refractivity contribution in [2.45, 2.75) is 0 Å². The maximum absolute atomic E-state index is 5.86. The highest BCUT2D eigenvalue weighted by molar-refractivity contribution is 7.15. The quantitative estimate of drug-likeness (QED) is 0.575. The second-order valence-corrected chi connectivity index (χ2v) is 5.11. The molecule has 4 rings (SSSR count). The lowest BCUT2D eigenvalue weighted by molar-refractivity contribution is 0.949. The van der Waals surface area contributed by atoms with Gasteiger partial charge < -0.3 is 5.73 Å². The SMILES string of the molecule is Nc1scc2c1nnc1cc(-c3ccccc3)nn12. The van der Waals surface area contributed by atoms with Crippen molar-refractivity contribution in [2.75, 3.05) is 5.73 Å². The molecule has 0 fully saturated rings. The zero-order valence-corrected chi connectivity index (χ0v) is 10.6. The first-order valence-electron chi connectivity index (χ1n) is 5.77. The molecule has 2 N–H and O–H groups in total. The maximum atomic E-state index is 5.86. The van der Waals surface area contributed by atoms with Crippen molar-refractivity contribution in [3.63, 3.8) is 0 Å². The zero-order chi connectivity index (χ0) is 12.8. The van der Waals surface area contributed by atoms with Crippen LogP contribution in [0.5, 0.6) is 0 Å². The Hall–Kier alpha value is -2.47. The number of nitrogen functional groups attached to an aromatic ring is 1. The fourth-order valence-corrected chi connectivity index (χ4v) is 2.79. The normalized spacial score (nSPS) is 11.4. The van der Waals surface area contributed by atoms with Crippen molar-refractivity contribution >= 4 is 33.0 Å². The fraction of sp³-hybridized carbons (Fsp3) is 0. The van der Waals surface area contributed by atoms with E-state index in [1.54, 1.807) is 4.52 Å². The van der Waals surface area contributed by atoms with Crippen molar-refractivity contribution < 1.29 is 0 Å². The average molecular weight is 267 g/mol. The topological polar surface area (TPSA) is 69.1 Å². The number of aromatic nitrogens is 4. The molecule has 0 spiro atoms. The molecule has 1 aromatic carbocycles. The monoisotopic (exact) mass is 267 g/mol. The number of nitrogens with two attached hydrogens (primary N) is 1. The van der Waals surface area contributed by atoms with Crippen LogP contribution in [-0.2, 0) is 0 Å². The summed E-state index contributed by atoms with van der Waals surface area (Å²) < 4.78 is 1.79. The number of hydrogen-bond acceptors (Lipinski definition) is 5. The third-order valence-corrected chi connectivity index (χ3v) is 3.80. The lowest BCUT2D eigenvalue weighted by Crippen LogP contribution is -1.95. The molecular weight excluding hydrogens is 258 g/mol. The van der Waals surface area contributed by atoms with E-state index in [4.69, 9.17) is 5.73 Å². The highest BCUT2D eigenvalue weighted by Gasteiger charge is 2.11. The Morgan fingerprint density at radius 3 is 2.79 bits per heavy atom. The summed E-state index contributed by atoms with van der Waals surface area (Å²) in [7, 11) is 0. The van der Waals surface area contributed by atoms with Gasteiger partial charge in [-0.1, -0.05) is 30.3 Å². The van der Waals surface area contributed by atoms with E-state index in [2.05, 4.69) is 15.3 Å². The first-order chi connectivity index (χ1) is 9.33. The molecule has 0 saturated carbocycles. The Bertz CT molecular complexity index is 878. The van der Waals surface area contributed by atoms with Crippen LogP contribution in [0.15, 0.2) is 41.8 Å². The summed E-state index contributed by atoms with van der Waals surface area (Å²) in [6, 6.07) is 11.9. The van der Waals surface area contributed by atoms with Crippen LogP contribution in [0, 0.1) is 0 Å². The molecule has 3 aromatic heterocycles. The molecule has 0 aliphatic heterocycles. The molecule has 0 bridgehead atoms. The summed E-state index contributed by atoms with van der Waals surface area (Å²) >= 11 is 1.45. The lowest BCUT2D eigenvalue weighted by atomic mass is 10.2. The standard InChI is InChI=1S/C13H9N5S/c14-13-12-10(7-19-13)18-11(15-16-12)6-9(17-18)8-4-2-1-3-5-8/h1-7H,14H2. The maximum Gasteiger partial charge on any atom is 0.178 e. The van der Waals surface area contributed by atoms with Crippen molar-refractivity contribution in [2.24, 2.45) is 0 Å². The molecule has 3 heterocycles. The first-order valence-corrected chi connectivity index (χ1v) is 6.65. The second kappa shape index (κ2) is 3.76. The summed E-state index contributed by atoms with van der Waals surface area (Å²) in [5.41, 5.74) is 10.1. The van der Waals surface area contributed by atoms with Crippen molar-refractivity contribution in [3.8, 4) is 11.3 Å². The minimum atomic E-state index is 0.668. The Morgan fingerprint density at radius 2 is 1.95 bits per heavy atom. The summed E-state index contributed by atoms with van der Waals surface area (Å²) in [6.45, 7) is 0. The minimum Gasteiger partial charge on any atom is -0.389 e. The van der Waals surface area contributed by atoms with Gasteiger partial charge >= 0.3 is 0 Å². The number of hydrogen-bond donors (Lipinski definition) is 1. The van der Waals surface area contributed by atoms with Crippen LogP contribution < -0.4 is 5.73 Å². The Labute approximate surface area is 112 Å². The average Bonchev–Trinajstić information content (AvgIpc) is 3.03. The molecule has 6 heteroatoms. The van der Waals surface area contributed by atoms with Crippen LogP contribution in [0.25, 0.3) is 27.9 Å². The van der Waals surface area contributed by atoms with Crippen LogP contribution in [-0.4, -0.2) is 19.8 Å². The molecule has 92 valence electrons. The smallest absolute Gasteiger partial charge is 0.178 e. The summed E-state index contributed by atoms with van der Waals surface area (Å²) in [4.78, 5) is 0. The predicted octanol–water partition coefficient (Wildman–Crippen LogP) is 2.59. The van der Waals surface area contributed by atoms with Gasteiger partial charge in [-0.25, -0.2) is 4.52 Å². The van der Waals surface area contributed by atoms with Gasteiger partial charge in [-0.05, 0) is 0 Å². The second-order valence-electron chi connectivity index (χ2n) is 4.20. The van der Waals surface area contributed by atoms with Gasteiger partial charge in [-0.2, -0.15) is 5.10 Å². The van der Waals surface area contributed by atoms with Gasteiger partial charge in [0.15, 0.2) is 5.65 Å². The van der Waals surface area contributed by atoms with Gasteiger partial charge in [-0.15, -0.1) is 21.5 Å². The van der Waals surface area contributed by atoms with Gasteiger partial charge in [0.25, 0.3) is 0 Å². The lowest BCUT2D eigenvalue weighted by Gasteiger charge is -1.94. The highest BCUT2D eigenvalue weighted by Crippen LogP contribution is 2.27. The summed E-state index contributed by atoms with van der Waals surface area (Å²) in [6.07, 6.45) is 0. The van der Waals surface area contributed by atoms with E-state index in [0.29, 0.717) is 10.5 Å². The predicted molar refractivity (Wildman–Crippen MR) is 76.0 cm³/mol. The molecule has 19 heavy (non-hydrogen) atoms. The zero-order valence-electron chi connectivity index (χ0n) is 9.82. The molecule has 0 radical (unpaired) electrons. The van der Waals surface area contributed by atoms with E-state index in [-0.39, 0.29) is 0 Å². The molecule has 0 amide bonds. The van der Waals surface area contributed by atoms with E-state index in [0.717, 1.165) is 22.4 Å². The van der Waals surface area contributed by atoms with Gasteiger partial charge in [0.2, 0.25) is 0 Å². The van der Waals surface area contributed by atoms with Crippen LogP contribution in [0.2, 0.25) is 0 Å². The number of anilines is 1. The van der Waals surface area contributed by atoms with Gasteiger partial charge in [0.05, 0.1) is 5.69 Å². The molecule has 0 atom stereocenters. The molecule has 0 aliphatic rings. The molecule has 5 nitrogen and oxygen atoms in total. The summed E-state index contributed by atoms with van der Waals surface area (Å²) in [5.74, 6) is 0. The third kappa shape index (κ3) is 1.50. The van der Waals surface area contributed by atoms with E-state index >= 15 is 0 Å². The molecule has 0 aliphatic carbocycles. The largest absolute Gasteiger partial charge is 0.389 e. The Balaban J connectivity index is 2.04. The molecular formula is C13H9N5S. The molecule has 0 saturated heterocycles. The van der Waals surface area contributed by atoms with Crippen molar-refractivity contribution in [1.82, 2.24) is 19.8 Å². The van der Waals surface area contributed by atoms with Gasteiger partial charge in [0.1, 0.15) is 16.0 Å². The van der Waals surface area contributed by atoms with Crippen LogP contribution in [0.3, 0.4) is 0 Å². The van der Waals surface area contributed by atoms with E-state index in [1.165, 1.54) is 11.3 Å². The number of nitrogens with zero attached hydrogens (tertiary/aromatic N) is 4. The van der Waals surface area contributed by atoms with Crippen LogP contribution in [0.4, 0.5) is 5.00 Å². The van der Waals surface area contributed by atoms with E-state index in [1.807, 2.05) is 41.8 Å². The van der Waals surface area contributed by atoms with Gasteiger partial charge in [-0.3, -0.25) is 0 Å². The number of rotatable bonds is 1. The highest BCUT2D eigenvalue weighted by atomic mass is 32.1. The Kier molecular flexibility index (Phi) is 2.07. The summed E-state index contributed by atoms with van der Waals surface area (Å²) in [5, 5.41) is 15.5. The van der Waals surface area contributed by atoms with Gasteiger partial charge in [0, 0.05) is 17.0 Å². The molecule has 4 aromatic rings. The minimum absolute atomic E-state index is 0.668. The first kappa shape index (κ1) is 10.5. The van der Waals surface area contributed by atoms with E-state index in [9.17, 15) is 0 Å². The van der Waals surface area contributed by atoms with E-state index < -0.39 is 0 Å². The van der Waals surface area contributed by atoms with Crippen molar-refractivity contribution in [1.29, 1.82) is 0 Å². The Morgan fingerprint density at radius 1 is 1.11 bits per heavy atom. The number of benzene rings is 1. The van der Waals surface area contributed by atoms with Crippen molar-refractivity contribution in [3.05, 3.63) is 41.8 Å². The van der Waals surface area contributed by atoms with Crippen LogP contribution >= 0.6 is 11.3 Å². The number of fused-ring (bicyclic) bond motifs is 3. The molecule has 0 unspecified atom stereocenters. The van der Waals surface area contributed by atoms with Crippen LogP contribution in [0.1, 0.15) is 0 Å². The fourth-order valence-electron chi connectivity index (χ4n) is 2.08. The third-order valence-electron chi connectivity index (χ3n) is 3.01.